The summed E-state index contributed by atoms with van der Waals surface area (Å²) in [6, 6.07) is 0. The molecule has 4 N–H and O–H groups in total. The maximum absolute atomic E-state index is 9.74. The lowest BCUT2D eigenvalue weighted by molar-refractivity contribution is -0.288. The Morgan fingerprint density at radius 1 is 0.773 bits per heavy atom. The molecule has 1 aliphatic heterocycles. The van der Waals surface area contributed by atoms with Crippen molar-refractivity contribution in [1.82, 2.24) is 0 Å². The highest BCUT2D eigenvalue weighted by Crippen LogP contribution is 2.20. The quantitative estimate of drug-likeness (QED) is 0.423. The minimum absolute atomic E-state index is 0.0957. The first-order chi connectivity index (χ1) is 10.6. The van der Waals surface area contributed by atoms with E-state index in [9.17, 15) is 20.4 Å². The largest absolute Gasteiger partial charge is 0.387 e. The maximum atomic E-state index is 9.74. The SMILES string of the molecule is CCCCCCCCCCOC[C@H]1OC(O)[C@H](O)[C@@H](O)[C@@H]1O. The van der Waals surface area contributed by atoms with E-state index in [4.69, 9.17) is 9.47 Å². The number of rotatable bonds is 11. The van der Waals surface area contributed by atoms with E-state index in [0.717, 1.165) is 12.8 Å². The van der Waals surface area contributed by atoms with Gasteiger partial charge in [-0.05, 0) is 6.42 Å². The summed E-state index contributed by atoms with van der Waals surface area (Å²) in [5, 5.41) is 38.0. The third-order valence-corrected chi connectivity index (χ3v) is 4.11. The molecule has 0 spiro atoms. The van der Waals surface area contributed by atoms with Crippen LogP contribution in [0.25, 0.3) is 0 Å². The fourth-order valence-electron chi connectivity index (χ4n) is 2.61. The van der Waals surface area contributed by atoms with Crippen LogP contribution in [0.15, 0.2) is 0 Å². The summed E-state index contributed by atoms with van der Waals surface area (Å²) in [7, 11) is 0. The Labute approximate surface area is 133 Å². The predicted octanol–water partition coefficient (Wildman–Crippen LogP) is 0.944. The van der Waals surface area contributed by atoms with Crippen LogP contribution in [0.2, 0.25) is 0 Å². The Kier molecular flexibility index (Phi) is 10.2. The molecule has 0 aromatic carbocycles. The van der Waals surface area contributed by atoms with Gasteiger partial charge in [0.2, 0.25) is 0 Å². The molecule has 1 unspecified atom stereocenters. The van der Waals surface area contributed by atoms with Crippen molar-refractivity contribution in [3.63, 3.8) is 0 Å². The Morgan fingerprint density at radius 3 is 2.00 bits per heavy atom. The maximum Gasteiger partial charge on any atom is 0.184 e. The molecule has 1 aliphatic rings. The fourth-order valence-corrected chi connectivity index (χ4v) is 2.61. The molecular weight excluding hydrogens is 288 g/mol. The monoisotopic (exact) mass is 320 g/mol. The lowest BCUT2D eigenvalue weighted by Gasteiger charge is -2.38. The molecule has 0 aromatic heterocycles. The van der Waals surface area contributed by atoms with E-state index in [0.29, 0.717) is 6.61 Å². The van der Waals surface area contributed by atoms with Crippen molar-refractivity contribution in [3.8, 4) is 0 Å². The molecule has 5 atom stereocenters. The van der Waals surface area contributed by atoms with Crippen molar-refractivity contribution in [2.75, 3.05) is 13.2 Å². The van der Waals surface area contributed by atoms with E-state index in [-0.39, 0.29) is 6.61 Å². The Bertz CT molecular complexity index is 275. The summed E-state index contributed by atoms with van der Waals surface area (Å²) >= 11 is 0. The summed E-state index contributed by atoms with van der Waals surface area (Å²) in [4.78, 5) is 0. The highest BCUT2D eigenvalue weighted by molar-refractivity contribution is 4.88. The topological polar surface area (TPSA) is 99.4 Å². The zero-order chi connectivity index (χ0) is 16.4. The van der Waals surface area contributed by atoms with Gasteiger partial charge in [-0.1, -0.05) is 51.9 Å². The minimum Gasteiger partial charge on any atom is -0.387 e. The van der Waals surface area contributed by atoms with E-state index < -0.39 is 30.7 Å². The van der Waals surface area contributed by atoms with Crippen LogP contribution in [0.5, 0.6) is 0 Å². The van der Waals surface area contributed by atoms with Crippen molar-refractivity contribution < 1.29 is 29.9 Å². The number of hydrogen-bond donors (Lipinski definition) is 4. The van der Waals surface area contributed by atoms with E-state index in [1.165, 1.54) is 38.5 Å². The Morgan fingerprint density at radius 2 is 1.36 bits per heavy atom. The number of aliphatic hydroxyl groups is 4. The van der Waals surface area contributed by atoms with Gasteiger partial charge in [0.05, 0.1) is 6.61 Å². The molecule has 132 valence electrons. The Hall–Kier alpha value is -0.240. The second kappa shape index (κ2) is 11.3. The third-order valence-electron chi connectivity index (χ3n) is 4.11. The van der Waals surface area contributed by atoms with Gasteiger partial charge in [0.25, 0.3) is 0 Å². The van der Waals surface area contributed by atoms with E-state index in [2.05, 4.69) is 6.92 Å². The zero-order valence-electron chi connectivity index (χ0n) is 13.6. The molecule has 22 heavy (non-hydrogen) atoms. The van der Waals surface area contributed by atoms with Gasteiger partial charge in [-0.15, -0.1) is 0 Å². The second-order valence-corrected chi connectivity index (χ2v) is 6.09. The molecule has 0 radical (unpaired) electrons. The van der Waals surface area contributed by atoms with Gasteiger partial charge in [-0.25, -0.2) is 0 Å². The van der Waals surface area contributed by atoms with Crippen molar-refractivity contribution in [3.05, 3.63) is 0 Å². The summed E-state index contributed by atoms with van der Waals surface area (Å²) in [6.45, 7) is 2.87. The van der Waals surface area contributed by atoms with Crippen LogP contribution in [0.4, 0.5) is 0 Å². The number of ether oxygens (including phenoxy) is 2. The fraction of sp³-hybridized carbons (Fsp3) is 1.00. The number of unbranched alkanes of at least 4 members (excludes halogenated alkanes) is 7. The van der Waals surface area contributed by atoms with Crippen LogP contribution < -0.4 is 0 Å². The van der Waals surface area contributed by atoms with Crippen LogP contribution in [-0.2, 0) is 9.47 Å². The van der Waals surface area contributed by atoms with Crippen LogP contribution in [0, 0.1) is 0 Å². The standard InChI is InChI=1S/C16H32O6/c1-2-3-4-5-6-7-8-9-10-21-11-12-13(17)14(18)15(19)16(20)22-12/h12-20H,2-11H2,1H3/t12-,13-,14+,15-,16?/m1/s1. The van der Waals surface area contributed by atoms with Crippen LogP contribution in [0.1, 0.15) is 58.3 Å². The van der Waals surface area contributed by atoms with E-state index in [1.807, 2.05) is 0 Å². The first kappa shape index (κ1) is 19.8. The van der Waals surface area contributed by atoms with Crippen molar-refractivity contribution in [1.29, 1.82) is 0 Å². The molecule has 1 fully saturated rings. The molecule has 1 rings (SSSR count). The summed E-state index contributed by atoms with van der Waals surface area (Å²) in [5.74, 6) is 0. The lowest BCUT2D eigenvalue weighted by Crippen LogP contribution is -2.58. The predicted molar refractivity (Wildman–Crippen MR) is 82.3 cm³/mol. The molecule has 1 heterocycles. The van der Waals surface area contributed by atoms with Gasteiger partial charge < -0.3 is 29.9 Å². The molecule has 0 bridgehead atoms. The first-order valence-corrected chi connectivity index (χ1v) is 8.53. The summed E-state index contributed by atoms with van der Waals surface area (Å²) < 4.78 is 10.5. The second-order valence-electron chi connectivity index (χ2n) is 6.09. The van der Waals surface area contributed by atoms with Crippen molar-refractivity contribution in [2.45, 2.75) is 89.0 Å². The third kappa shape index (κ3) is 6.89. The zero-order valence-corrected chi connectivity index (χ0v) is 13.6. The van der Waals surface area contributed by atoms with Crippen LogP contribution in [0.3, 0.4) is 0 Å². The average Bonchev–Trinajstić information content (AvgIpc) is 2.51. The van der Waals surface area contributed by atoms with Crippen molar-refractivity contribution in [2.24, 2.45) is 0 Å². The number of aliphatic hydroxyl groups excluding tert-OH is 4. The summed E-state index contributed by atoms with van der Waals surface area (Å²) in [5.41, 5.74) is 0. The molecule has 0 saturated carbocycles. The molecule has 0 aromatic rings. The molecule has 6 nitrogen and oxygen atoms in total. The average molecular weight is 320 g/mol. The minimum atomic E-state index is -1.49. The molecule has 1 saturated heterocycles. The van der Waals surface area contributed by atoms with E-state index in [1.54, 1.807) is 0 Å². The van der Waals surface area contributed by atoms with Gasteiger partial charge in [0.1, 0.15) is 24.4 Å². The molecule has 6 heteroatoms. The van der Waals surface area contributed by atoms with Gasteiger partial charge in [-0.3, -0.25) is 0 Å². The van der Waals surface area contributed by atoms with Gasteiger partial charge in [-0.2, -0.15) is 0 Å². The molecular formula is C16H32O6. The normalized spacial score (nSPS) is 32.3. The lowest BCUT2D eigenvalue weighted by atomic mass is 9.99. The van der Waals surface area contributed by atoms with Gasteiger partial charge in [0.15, 0.2) is 6.29 Å². The van der Waals surface area contributed by atoms with Gasteiger partial charge in [0, 0.05) is 6.61 Å². The van der Waals surface area contributed by atoms with Gasteiger partial charge >= 0.3 is 0 Å². The van der Waals surface area contributed by atoms with Crippen molar-refractivity contribution >= 4 is 0 Å². The highest BCUT2D eigenvalue weighted by atomic mass is 16.6. The smallest absolute Gasteiger partial charge is 0.184 e. The Balaban J connectivity index is 2.00. The summed E-state index contributed by atoms with van der Waals surface area (Å²) in [6.07, 6.45) is 3.28. The number of hydrogen-bond acceptors (Lipinski definition) is 6. The first-order valence-electron chi connectivity index (χ1n) is 8.53. The van der Waals surface area contributed by atoms with Crippen LogP contribution >= 0.6 is 0 Å². The molecule has 0 aliphatic carbocycles. The highest BCUT2D eigenvalue weighted by Gasteiger charge is 2.42. The van der Waals surface area contributed by atoms with Crippen LogP contribution in [-0.4, -0.2) is 64.3 Å². The van der Waals surface area contributed by atoms with E-state index >= 15 is 0 Å². The molecule has 0 amide bonds.